The van der Waals surface area contributed by atoms with Gasteiger partial charge in [0.05, 0.1) is 7.85 Å². The fourth-order valence-corrected chi connectivity index (χ4v) is 4.15. The Labute approximate surface area is 113 Å². The molecule has 2 rings (SSSR count). The minimum absolute atomic E-state index is 0.133. The lowest BCUT2D eigenvalue weighted by Crippen LogP contribution is -2.48. The van der Waals surface area contributed by atoms with Crippen LogP contribution in [0.2, 0.25) is 5.31 Å². The molecule has 2 aliphatic rings. The number of nitrogens with two attached hydrogens (primary N) is 1. The van der Waals surface area contributed by atoms with Crippen LogP contribution in [0.1, 0.15) is 39.5 Å². The lowest BCUT2D eigenvalue weighted by atomic mass is 9.53. The minimum Gasteiger partial charge on any atom is -0.325 e. The molecule has 2 bridgehead atoms. The first-order chi connectivity index (χ1) is 8.26. The third kappa shape index (κ3) is 2.49. The SMILES string of the molecule is [B]C1(C)CC2CC(N)(CC(C)/C(=C/C=C)C2=C)C1. The molecule has 0 heterocycles. The summed E-state index contributed by atoms with van der Waals surface area (Å²) in [7, 11) is 6.39. The van der Waals surface area contributed by atoms with E-state index in [1.54, 1.807) is 0 Å². The molecule has 0 aromatic rings. The summed E-state index contributed by atoms with van der Waals surface area (Å²) in [6.07, 6.45) is 7.88. The highest BCUT2D eigenvalue weighted by molar-refractivity contribution is 6.15. The van der Waals surface area contributed by atoms with Gasteiger partial charge in [0.2, 0.25) is 0 Å². The highest BCUT2D eigenvalue weighted by Crippen LogP contribution is 2.54. The Morgan fingerprint density at radius 3 is 2.67 bits per heavy atom. The monoisotopic (exact) mass is 241 g/mol. The summed E-state index contributed by atoms with van der Waals surface area (Å²) in [5.74, 6) is 0.870. The van der Waals surface area contributed by atoms with Gasteiger partial charge >= 0.3 is 0 Å². The highest BCUT2D eigenvalue weighted by Gasteiger charge is 2.45. The number of rotatable bonds is 1. The number of fused-ring (bicyclic) bond motifs is 2. The maximum Gasteiger partial charge on any atom is 0.0743 e. The van der Waals surface area contributed by atoms with Gasteiger partial charge in [-0.3, -0.25) is 0 Å². The van der Waals surface area contributed by atoms with Crippen LogP contribution >= 0.6 is 0 Å². The van der Waals surface area contributed by atoms with Crippen LogP contribution < -0.4 is 5.73 Å². The first-order valence-electron chi connectivity index (χ1n) is 6.86. The van der Waals surface area contributed by atoms with Crippen molar-refractivity contribution in [2.75, 3.05) is 0 Å². The molecule has 2 heteroatoms. The summed E-state index contributed by atoms with van der Waals surface area (Å²) in [4.78, 5) is 0. The molecule has 2 radical (unpaired) electrons. The van der Waals surface area contributed by atoms with E-state index in [-0.39, 0.29) is 10.9 Å². The van der Waals surface area contributed by atoms with E-state index in [4.69, 9.17) is 13.6 Å². The zero-order chi connectivity index (χ0) is 13.6. The predicted molar refractivity (Wildman–Crippen MR) is 79.6 cm³/mol. The molecule has 0 spiro atoms. The lowest BCUT2D eigenvalue weighted by Gasteiger charge is -2.46. The maximum atomic E-state index is 6.61. The van der Waals surface area contributed by atoms with Crippen LogP contribution in [0, 0.1) is 11.8 Å². The average Bonchev–Trinajstić information content (AvgIpc) is 2.25. The Kier molecular flexibility index (Phi) is 3.35. The summed E-state index contributed by atoms with van der Waals surface area (Å²) in [6.45, 7) is 12.5. The van der Waals surface area contributed by atoms with Gasteiger partial charge in [-0.15, -0.1) is 0 Å². The smallest absolute Gasteiger partial charge is 0.0743 e. The second-order valence-corrected chi connectivity index (χ2v) is 6.79. The highest BCUT2D eigenvalue weighted by atomic mass is 14.8. The van der Waals surface area contributed by atoms with Crippen LogP contribution in [-0.2, 0) is 0 Å². The second kappa shape index (κ2) is 4.41. The van der Waals surface area contributed by atoms with Crippen molar-refractivity contribution in [1.82, 2.24) is 0 Å². The third-order valence-corrected chi connectivity index (χ3v) is 4.53. The zero-order valence-corrected chi connectivity index (χ0v) is 11.7. The normalized spacial score (nSPS) is 46.8. The van der Waals surface area contributed by atoms with Crippen LogP contribution in [0.25, 0.3) is 0 Å². The van der Waals surface area contributed by atoms with Gasteiger partial charge in [-0.25, -0.2) is 0 Å². The molecular formula is C16H24BN. The van der Waals surface area contributed by atoms with E-state index in [0.29, 0.717) is 11.8 Å². The first kappa shape index (κ1) is 13.7. The van der Waals surface area contributed by atoms with Gasteiger partial charge in [0.15, 0.2) is 0 Å². The summed E-state index contributed by atoms with van der Waals surface area (Å²) in [5, 5.41) is -0.163. The molecule has 0 aromatic heterocycles. The van der Waals surface area contributed by atoms with Crippen molar-refractivity contribution < 1.29 is 0 Å². The Balaban J connectivity index is 2.41. The average molecular weight is 241 g/mol. The van der Waals surface area contributed by atoms with E-state index in [0.717, 1.165) is 25.7 Å². The molecule has 2 saturated carbocycles. The molecule has 2 fully saturated rings. The van der Waals surface area contributed by atoms with Crippen molar-refractivity contribution in [2.24, 2.45) is 17.6 Å². The van der Waals surface area contributed by atoms with Crippen LogP contribution in [-0.4, -0.2) is 13.4 Å². The van der Waals surface area contributed by atoms with Gasteiger partial charge in [0.1, 0.15) is 0 Å². The Morgan fingerprint density at radius 2 is 2.06 bits per heavy atom. The zero-order valence-electron chi connectivity index (χ0n) is 11.7. The Hall–Kier alpha value is -0.755. The molecule has 2 aliphatic carbocycles. The van der Waals surface area contributed by atoms with Crippen LogP contribution in [0.15, 0.2) is 36.5 Å². The van der Waals surface area contributed by atoms with E-state index in [1.165, 1.54) is 11.1 Å². The Morgan fingerprint density at radius 1 is 1.39 bits per heavy atom. The molecule has 96 valence electrons. The maximum absolute atomic E-state index is 6.61. The molecule has 2 N–H and O–H groups in total. The fraction of sp³-hybridized carbons (Fsp3) is 0.625. The van der Waals surface area contributed by atoms with Crippen LogP contribution in [0.3, 0.4) is 0 Å². The molecule has 18 heavy (non-hydrogen) atoms. The predicted octanol–water partition coefficient (Wildman–Crippen LogP) is 3.54. The van der Waals surface area contributed by atoms with Crippen molar-refractivity contribution in [3.63, 3.8) is 0 Å². The van der Waals surface area contributed by atoms with Gasteiger partial charge in [-0.05, 0) is 48.7 Å². The molecule has 4 atom stereocenters. The number of allylic oxidation sites excluding steroid dienone is 4. The molecule has 0 saturated heterocycles. The van der Waals surface area contributed by atoms with E-state index in [9.17, 15) is 0 Å². The van der Waals surface area contributed by atoms with Crippen LogP contribution in [0.4, 0.5) is 0 Å². The van der Waals surface area contributed by atoms with E-state index >= 15 is 0 Å². The van der Waals surface area contributed by atoms with Gasteiger partial charge in [0, 0.05) is 5.54 Å². The van der Waals surface area contributed by atoms with Crippen molar-refractivity contribution >= 4 is 7.85 Å². The van der Waals surface area contributed by atoms with E-state index in [2.05, 4.69) is 33.1 Å². The van der Waals surface area contributed by atoms with Crippen molar-refractivity contribution in [3.05, 3.63) is 36.5 Å². The third-order valence-electron chi connectivity index (χ3n) is 4.53. The largest absolute Gasteiger partial charge is 0.325 e. The lowest BCUT2D eigenvalue weighted by molar-refractivity contribution is 0.194. The molecule has 0 aliphatic heterocycles. The molecule has 0 amide bonds. The second-order valence-electron chi connectivity index (χ2n) is 6.79. The number of hydrogen-bond acceptors (Lipinski definition) is 1. The van der Waals surface area contributed by atoms with E-state index in [1.807, 2.05) is 6.08 Å². The minimum atomic E-state index is -0.163. The summed E-state index contributed by atoms with van der Waals surface area (Å²) in [6, 6.07) is 0. The quantitative estimate of drug-likeness (QED) is 0.698. The summed E-state index contributed by atoms with van der Waals surface area (Å²) < 4.78 is 0. The van der Waals surface area contributed by atoms with Gasteiger partial charge in [-0.2, -0.15) is 0 Å². The van der Waals surface area contributed by atoms with E-state index < -0.39 is 0 Å². The van der Waals surface area contributed by atoms with Crippen molar-refractivity contribution in [2.45, 2.75) is 50.4 Å². The molecular weight excluding hydrogens is 217 g/mol. The molecule has 4 unspecified atom stereocenters. The topological polar surface area (TPSA) is 26.0 Å². The van der Waals surface area contributed by atoms with Crippen molar-refractivity contribution in [1.29, 1.82) is 0 Å². The molecule has 0 aromatic carbocycles. The fourth-order valence-electron chi connectivity index (χ4n) is 4.15. The first-order valence-corrected chi connectivity index (χ1v) is 6.86. The number of hydrogen-bond donors (Lipinski definition) is 1. The van der Waals surface area contributed by atoms with Crippen LogP contribution in [0.5, 0.6) is 0 Å². The van der Waals surface area contributed by atoms with Gasteiger partial charge in [0.25, 0.3) is 0 Å². The molecule has 1 nitrogen and oxygen atoms in total. The Bertz CT molecular complexity index is 407. The van der Waals surface area contributed by atoms with Gasteiger partial charge in [-0.1, -0.05) is 44.5 Å². The van der Waals surface area contributed by atoms with Gasteiger partial charge < -0.3 is 5.73 Å². The summed E-state index contributed by atoms with van der Waals surface area (Å²) in [5.41, 5.74) is 9.03. The summed E-state index contributed by atoms with van der Waals surface area (Å²) >= 11 is 0. The standard InChI is InChI=1S/C16H24BN/c1-5-6-14-11(2)7-16(18)9-13(12(14)3)8-15(4,17)10-16/h5-6,11,13H,1,3,7-10,18H2,2,4H3/b14-6-. The van der Waals surface area contributed by atoms with Crippen molar-refractivity contribution in [3.8, 4) is 0 Å².